The Morgan fingerprint density at radius 2 is 0.727 bits per heavy atom. The molecule has 0 radical (unpaired) electrons. The van der Waals surface area contributed by atoms with Crippen LogP contribution in [0.1, 0.15) is 45.4 Å². The number of hydrogen-bond donors (Lipinski definition) is 0. The van der Waals surface area contributed by atoms with E-state index < -0.39 is 23.1 Å². The number of benzene rings is 4. The summed E-state index contributed by atoms with van der Waals surface area (Å²) in [6, 6.07) is 44.8. The van der Waals surface area contributed by atoms with Gasteiger partial charge in [0, 0.05) is 5.40 Å². The number of hydrogen-bond acceptors (Lipinski definition) is 0. The number of halogens is 4. The second-order valence-electron chi connectivity index (χ2n) is 9.94. The minimum absolute atomic E-state index is 0. The maximum Gasteiger partial charge on any atom is 1.00 e. The Morgan fingerprint density at radius 1 is 0.500 bits per heavy atom. The van der Waals surface area contributed by atoms with E-state index >= 15 is 0 Å². The summed E-state index contributed by atoms with van der Waals surface area (Å²) in [6.07, 6.45) is 16.4. The molecule has 1 aliphatic carbocycles. The van der Waals surface area contributed by atoms with Crippen LogP contribution in [-0.2, 0) is 19.5 Å². The first kappa shape index (κ1) is 37.8. The Morgan fingerprint density at radius 3 is 0.932 bits per heavy atom. The largest absolute Gasteiger partial charge is 1.00 e. The SMILES string of the molecule is C1=C\CC/C=C\CC/1.CCCC(P(c1ccccc1)c1ccccc1)P(c1ccccc1)c1ccccc1.F[B-](F)(F)F.[Rh+]. The summed E-state index contributed by atoms with van der Waals surface area (Å²) in [5.41, 5.74) is 0. The molecule has 0 heterocycles. The van der Waals surface area contributed by atoms with Gasteiger partial charge in [0.25, 0.3) is 0 Å². The molecule has 0 unspecified atom stereocenters. The molecule has 0 aromatic heterocycles. The van der Waals surface area contributed by atoms with Crippen molar-refractivity contribution >= 4 is 44.3 Å². The molecular weight excluding hydrogens is 684 g/mol. The van der Waals surface area contributed by atoms with Gasteiger partial charge in [-0.05, 0) is 69.2 Å². The minimum Gasteiger partial charge on any atom is -0.418 e. The van der Waals surface area contributed by atoms with E-state index in [1.807, 2.05) is 0 Å². The van der Waals surface area contributed by atoms with Gasteiger partial charge in [0.15, 0.2) is 0 Å². The van der Waals surface area contributed by atoms with Crippen LogP contribution in [0.5, 0.6) is 0 Å². The molecule has 0 fully saturated rings. The van der Waals surface area contributed by atoms with Gasteiger partial charge in [-0.1, -0.05) is 159 Å². The number of allylic oxidation sites excluding steroid dienone is 4. The summed E-state index contributed by atoms with van der Waals surface area (Å²) in [4.78, 5) is 0. The van der Waals surface area contributed by atoms with E-state index in [1.165, 1.54) is 59.7 Å². The van der Waals surface area contributed by atoms with Crippen molar-refractivity contribution in [3.8, 4) is 0 Å². The second-order valence-corrected chi connectivity index (χ2v) is 15.1. The van der Waals surface area contributed by atoms with Crippen LogP contribution in [0.4, 0.5) is 17.3 Å². The van der Waals surface area contributed by atoms with E-state index in [-0.39, 0.29) is 19.5 Å². The molecular formula is C36H40BF4P2Rh. The molecule has 0 nitrogen and oxygen atoms in total. The monoisotopic (exact) mass is 724 g/mol. The maximum absolute atomic E-state index is 9.75. The van der Waals surface area contributed by atoms with E-state index in [0.29, 0.717) is 5.40 Å². The number of rotatable bonds is 8. The van der Waals surface area contributed by atoms with Crippen molar-refractivity contribution in [3.05, 3.63) is 146 Å². The molecule has 0 saturated heterocycles. The first-order valence-electron chi connectivity index (χ1n) is 14.8. The summed E-state index contributed by atoms with van der Waals surface area (Å²) in [6.45, 7) is 2.33. The molecule has 0 bridgehead atoms. The zero-order chi connectivity index (χ0) is 30.8. The zero-order valence-electron chi connectivity index (χ0n) is 25.0. The van der Waals surface area contributed by atoms with Gasteiger partial charge < -0.3 is 17.3 Å². The molecule has 0 spiro atoms. The van der Waals surface area contributed by atoms with Crippen LogP contribution in [0.15, 0.2) is 146 Å². The van der Waals surface area contributed by atoms with Gasteiger partial charge in [0.2, 0.25) is 0 Å². The summed E-state index contributed by atoms with van der Waals surface area (Å²) in [5.74, 6) is 0. The van der Waals surface area contributed by atoms with E-state index in [0.717, 1.165) is 0 Å². The molecule has 0 N–H and O–H groups in total. The van der Waals surface area contributed by atoms with Gasteiger partial charge in [-0.15, -0.1) is 0 Å². The summed E-state index contributed by atoms with van der Waals surface area (Å²) >= 11 is 0. The topological polar surface area (TPSA) is 0 Å². The fraction of sp³-hybridized carbons (Fsp3) is 0.222. The van der Waals surface area contributed by atoms with Crippen LogP contribution in [0.25, 0.3) is 0 Å². The zero-order valence-corrected chi connectivity index (χ0v) is 28.4. The normalized spacial score (nSPS) is 14.2. The smallest absolute Gasteiger partial charge is 0.418 e. The van der Waals surface area contributed by atoms with Crippen molar-refractivity contribution < 1.29 is 36.7 Å². The molecule has 0 amide bonds. The van der Waals surface area contributed by atoms with Gasteiger partial charge in [-0.3, -0.25) is 0 Å². The van der Waals surface area contributed by atoms with Gasteiger partial charge in [0.1, 0.15) is 0 Å². The molecule has 234 valence electrons. The third-order valence-corrected chi connectivity index (χ3v) is 13.1. The first-order chi connectivity index (χ1) is 20.9. The third-order valence-electron chi connectivity index (χ3n) is 6.61. The average Bonchev–Trinajstić information content (AvgIpc) is 2.99. The van der Waals surface area contributed by atoms with Gasteiger partial charge >= 0.3 is 26.7 Å². The van der Waals surface area contributed by atoms with Crippen LogP contribution in [-0.4, -0.2) is 12.7 Å². The van der Waals surface area contributed by atoms with Gasteiger partial charge in [-0.2, -0.15) is 0 Å². The van der Waals surface area contributed by atoms with Crippen molar-refractivity contribution in [2.45, 2.75) is 50.8 Å². The fourth-order valence-corrected chi connectivity index (χ4v) is 12.3. The summed E-state index contributed by atoms with van der Waals surface area (Å²) in [7, 11) is -6.96. The minimum atomic E-state index is -6.00. The fourth-order valence-electron chi connectivity index (χ4n) is 4.83. The van der Waals surface area contributed by atoms with Crippen LogP contribution >= 0.6 is 15.8 Å². The predicted octanol–water partition coefficient (Wildman–Crippen LogP) is 10.3. The van der Waals surface area contributed by atoms with E-state index in [1.54, 1.807) is 0 Å². The van der Waals surface area contributed by atoms with E-state index in [2.05, 4.69) is 153 Å². The Bertz CT molecular complexity index is 1140. The maximum atomic E-state index is 9.75. The van der Waals surface area contributed by atoms with Crippen molar-refractivity contribution in [1.82, 2.24) is 0 Å². The Labute approximate surface area is 276 Å². The standard InChI is InChI=1S/C28H28P2.C8H12.BF4.Rh/c1-2-15-28(29(24-16-7-3-8-17-24)25-18-9-4-10-19-25)30(26-20-11-5-12-21-26)27-22-13-6-14-23-27;1-2-4-6-8-7-5-3-1;2-1(3,4)5;/h3-14,16-23,28H,2,15H2,1H3;1-2,7-8H,3-6H2;;/q;;-1;+1/b;2-1-,8-7-;;. The summed E-state index contributed by atoms with van der Waals surface area (Å²) < 4.78 is 39.0. The van der Waals surface area contributed by atoms with E-state index in [4.69, 9.17) is 0 Å². The van der Waals surface area contributed by atoms with Crippen LogP contribution in [0, 0.1) is 0 Å². The molecule has 8 heteroatoms. The average molecular weight is 724 g/mol. The molecule has 44 heavy (non-hydrogen) atoms. The quantitative estimate of drug-likeness (QED) is 0.0735. The van der Waals surface area contributed by atoms with Crippen LogP contribution in [0.2, 0.25) is 0 Å². The van der Waals surface area contributed by atoms with Crippen molar-refractivity contribution in [1.29, 1.82) is 0 Å². The van der Waals surface area contributed by atoms with Gasteiger partial charge in [-0.25, -0.2) is 0 Å². The second kappa shape index (κ2) is 21.4. The molecule has 0 atom stereocenters. The van der Waals surface area contributed by atoms with Crippen molar-refractivity contribution in [3.63, 3.8) is 0 Å². The molecule has 1 aliphatic rings. The molecule has 0 aliphatic heterocycles. The van der Waals surface area contributed by atoms with Crippen molar-refractivity contribution in [2.24, 2.45) is 0 Å². The Hall–Kier alpha value is -2.37. The molecule has 0 saturated carbocycles. The van der Waals surface area contributed by atoms with Gasteiger partial charge in [0.05, 0.1) is 0 Å². The third kappa shape index (κ3) is 14.2. The Balaban J connectivity index is 0.000000402. The Kier molecular flexibility index (Phi) is 18.4. The summed E-state index contributed by atoms with van der Waals surface area (Å²) in [5, 5.41) is 6.52. The van der Waals surface area contributed by atoms with Crippen molar-refractivity contribution in [2.75, 3.05) is 0 Å². The molecule has 4 aromatic rings. The van der Waals surface area contributed by atoms with Crippen LogP contribution in [0.3, 0.4) is 0 Å². The predicted molar refractivity (Wildman–Crippen MR) is 184 cm³/mol. The molecule has 4 aromatic carbocycles. The first-order valence-corrected chi connectivity index (χ1v) is 17.7. The van der Waals surface area contributed by atoms with E-state index in [9.17, 15) is 17.3 Å². The molecule has 5 rings (SSSR count). The van der Waals surface area contributed by atoms with Crippen LogP contribution < -0.4 is 21.2 Å².